The number of aromatic nitrogens is 3. The van der Waals surface area contributed by atoms with Crippen LogP contribution in [-0.2, 0) is 19.1 Å². The van der Waals surface area contributed by atoms with E-state index in [1.54, 1.807) is 11.6 Å². The molecule has 0 amide bonds. The molecule has 17 heavy (non-hydrogen) atoms. The first-order valence-electron chi connectivity index (χ1n) is 5.62. The van der Waals surface area contributed by atoms with Crippen LogP contribution in [0.5, 0.6) is 0 Å². The minimum atomic E-state index is -0.915. The second-order valence-electron chi connectivity index (χ2n) is 4.70. The molecule has 0 aliphatic rings. The highest BCUT2D eigenvalue weighted by molar-refractivity contribution is 5.28. The molecule has 0 aliphatic heterocycles. The number of rotatable bonds is 3. The Kier molecular flexibility index (Phi) is 2.98. The van der Waals surface area contributed by atoms with Crippen molar-refractivity contribution in [2.75, 3.05) is 0 Å². The van der Waals surface area contributed by atoms with Crippen LogP contribution < -0.4 is 0 Å². The number of hydrogen-bond acceptors (Lipinski definition) is 3. The molecule has 1 heterocycles. The molecule has 0 bridgehead atoms. The summed E-state index contributed by atoms with van der Waals surface area (Å²) in [4.78, 5) is 0. The molecule has 2 aromatic rings. The average Bonchev–Trinajstić information content (AvgIpc) is 2.63. The first-order chi connectivity index (χ1) is 7.97. The van der Waals surface area contributed by atoms with Gasteiger partial charge in [-0.2, -0.15) is 0 Å². The zero-order valence-corrected chi connectivity index (χ0v) is 10.4. The molecule has 1 aromatic carbocycles. The van der Waals surface area contributed by atoms with Gasteiger partial charge in [-0.25, -0.2) is 0 Å². The molecule has 1 atom stereocenters. The van der Waals surface area contributed by atoms with E-state index in [4.69, 9.17) is 0 Å². The van der Waals surface area contributed by atoms with Crippen LogP contribution in [0.15, 0.2) is 30.5 Å². The summed E-state index contributed by atoms with van der Waals surface area (Å²) in [5.41, 5.74) is 1.92. The SMILES string of the molecule is Cc1cccc(C(C)(O)Cc2cn(C)nn2)c1. The van der Waals surface area contributed by atoms with Crippen molar-refractivity contribution in [3.05, 3.63) is 47.3 Å². The fraction of sp³-hybridized carbons (Fsp3) is 0.385. The van der Waals surface area contributed by atoms with Gasteiger partial charge in [-0.15, -0.1) is 5.10 Å². The van der Waals surface area contributed by atoms with E-state index in [2.05, 4.69) is 10.3 Å². The molecule has 90 valence electrons. The van der Waals surface area contributed by atoms with Gasteiger partial charge in [-0.05, 0) is 19.4 Å². The molecular weight excluding hydrogens is 214 g/mol. The van der Waals surface area contributed by atoms with E-state index in [1.165, 1.54) is 0 Å². The average molecular weight is 231 g/mol. The third-order valence-electron chi connectivity index (χ3n) is 2.82. The van der Waals surface area contributed by atoms with E-state index in [9.17, 15) is 5.11 Å². The molecule has 0 fully saturated rings. The molecule has 0 aliphatic carbocycles. The highest BCUT2D eigenvalue weighted by Gasteiger charge is 2.24. The summed E-state index contributed by atoms with van der Waals surface area (Å²) in [6.45, 7) is 3.82. The first-order valence-corrected chi connectivity index (χ1v) is 5.62. The third-order valence-corrected chi connectivity index (χ3v) is 2.82. The molecule has 0 saturated heterocycles. The Hall–Kier alpha value is -1.68. The topological polar surface area (TPSA) is 50.9 Å². The predicted octanol–water partition coefficient (Wildman–Crippen LogP) is 1.57. The summed E-state index contributed by atoms with van der Waals surface area (Å²) in [6.07, 6.45) is 2.29. The molecule has 0 radical (unpaired) electrons. The number of benzene rings is 1. The highest BCUT2D eigenvalue weighted by atomic mass is 16.3. The van der Waals surface area contributed by atoms with Crippen molar-refractivity contribution in [3.8, 4) is 0 Å². The Morgan fingerprint density at radius 1 is 1.41 bits per heavy atom. The lowest BCUT2D eigenvalue weighted by molar-refractivity contribution is 0.0565. The van der Waals surface area contributed by atoms with Gasteiger partial charge in [-0.1, -0.05) is 35.0 Å². The molecule has 1 aromatic heterocycles. The first kappa shape index (κ1) is 11.8. The van der Waals surface area contributed by atoms with Crippen molar-refractivity contribution in [1.82, 2.24) is 15.0 Å². The van der Waals surface area contributed by atoms with Crippen LogP contribution in [0.2, 0.25) is 0 Å². The number of nitrogens with zero attached hydrogens (tertiary/aromatic N) is 3. The Labute approximate surface area is 101 Å². The Bertz CT molecular complexity index is 517. The van der Waals surface area contributed by atoms with E-state index in [1.807, 2.05) is 44.4 Å². The van der Waals surface area contributed by atoms with Crippen LogP contribution >= 0.6 is 0 Å². The molecule has 1 N–H and O–H groups in total. The zero-order valence-electron chi connectivity index (χ0n) is 10.4. The number of hydrogen-bond donors (Lipinski definition) is 1. The van der Waals surface area contributed by atoms with Gasteiger partial charge in [0.15, 0.2) is 0 Å². The summed E-state index contributed by atoms with van der Waals surface area (Å²) < 4.78 is 1.64. The van der Waals surface area contributed by atoms with Gasteiger partial charge in [0.1, 0.15) is 0 Å². The Morgan fingerprint density at radius 2 is 2.18 bits per heavy atom. The number of aliphatic hydroxyl groups is 1. The maximum atomic E-state index is 10.5. The maximum absolute atomic E-state index is 10.5. The predicted molar refractivity (Wildman–Crippen MR) is 65.5 cm³/mol. The lowest BCUT2D eigenvalue weighted by atomic mass is 9.90. The maximum Gasteiger partial charge on any atom is 0.0925 e. The van der Waals surface area contributed by atoms with Crippen molar-refractivity contribution in [1.29, 1.82) is 0 Å². The van der Waals surface area contributed by atoms with Crippen LogP contribution in [0, 0.1) is 6.92 Å². The standard InChI is InChI=1S/C13H17N3O/c1-10-5-4-6-11(7-10)13(2,17)8-12-9-16(3)15-14-12/h4-7,9,17H,8H2,1-3H3. The summed E-state index contributed by atoms with van der Waals surface area (Å²) >= 11 is 0. The molecule has 4 nitrogen and oxygen atoms in total. The molecule has 4 heteroatoms. The minimum absolute atomic E-state index is 0.463. The highest BCUT2D eigenvalue weighted by Crippen LogP contribution is 2.24. The van der Waals surface area contributed by atoms with Crippen molar-refractivity contribution in [3.63, 3.8) is 0 Å². The van der Waals surface area contributed by atoms with Gasteiger partial charge < -0.3 is 5.11 Å². The van der Waals surface area contributed by atoms with Crippen LogP contribution in [0.4, 0.5) is 0 Å². The second kappa shape index (κ2) is 4.30. The van der Waals surface area contributed by atoms with Crippen LogP contribution in [0.1, 0.15) is 23.7 Å². The minimum Gasteiger partial charge on any atom is -0.385 e. The van der Waals surface area contributed by atoms with E-state index < -0.39 is 5.60 Å². The Balaban J connectivity index is 2.24. The largest absolute Gasteiger partial charge is 0.385 e. The second-order valence-corrected chi connectivity index (χ2v) is 4.70. The zero-order chi connectivity index (χ0) is 12.5. The van der Waals surface area contributed by atoms with Crippen molar-refractivity contribution in [2.24, 2.45) is 7.05 Å². The quantitative estimate of drug-likeness (QED) is 0.872. The summed E-state index contributed by atoms with van der Waals surface area (Å²) in [5, 5.41) is 18.4. The third kappa shape index (κ3) is 2.71. The number of aryl methyl sites for hydroxylation is 2. The molecule has 0 saturated carbocycles. The van der Waals surface area contributed by atoms with Gasteiger partial charge >= 0.3 is 0 Å². The molecular formula is C13H17N3O. The molecule has 2 rings (SSSR count). The van der Waals surface area contributed by atoms with Crippen LogP contribution in [0.3, 0.4) is 0 Å². The van der Waals surface area contributed by atoms with Crippen LogP contribution in [0.25, 0.3) is 0 Å². The van der Waals surface area contributed by atoms with Crippen molar-refractivity contribution < 1.29 is 5.11 Å². The van der Waals surface area contributed by atoms with Crippen molar-refractivity contribution >= 4 is 0 Å². The summed E-state index contributed by atoms with van der Waals surface area (Å²) in [6, 6.07) is 7.90. The summed E-state index contributed by atoms with van der Waals surface area (Å²) in [5.74, 6) is 0. The normalized spacial score (nSPS) is 14.6. The van der Waals surface area contributed by atoms with Gasteiger partial charge in [0.05, 0.1) is 11.3 Å². The van der Waals surface area contributed by atoms with E-state index in [0.29, 0.717) is 6.42 Å². The summed E-state index contributed by atoms with van der Waals surface area (Å²) in [7, 11) is 1.82. The van der Waals surface area contributed by atoms with Gasteiger partial charge in [-0.3, -0.25) is 4.68 Å². The van der Waals surface area contributed by atoms with Gasteiger partial charge in [0, 0.05) is 19.7 Å². The monoisotopic (exact) mass is 231 g/mol. The lowest BCUT2D eigenvalue weighted by Crippen LogP contribution is -2.24. The molecule has 1 unspecified atom stereocenters. The smallest absolute Gasteiger partial charge is 0.0925 e. The fourth-order valence-corrected chi connectivity index (χ4v) is 1.91. The van der Waals surface area contributed by atoms with Crippen LogP contribution in [-0.4, -0.2) is 20.1 Å². The van der Waals surface area contributed by atoms with E-state index in [0.717, 1.165) is 16.8 Å². The van der Waals surface area contributed by atoms with Crippen molar-refractivity contribution in [2.45, 2.75) is 25.9 Å². The lowest BCUT2D eigenvalue weighted by Gasteiger charge is -2.23. The van der Waals surface area contributed by atoms with E-state index >= 15 is 0 Å². The van der Waals surface area contributed by atoms with Gasteiger partial charge in [0.2, 0.25) is 0 Å². The fourth-order valence-electron chi connectivity index (χ4n) is 1.91. The molecule has 0 spiro atoms. The van der Waals surface area contributed by atoms with E-state index in [-0.39, 0.29) is 0 Å². The van der Waals surface area contributed by atoms with Gasteiger partial charge in [0.25, 0.3) is 0 Å². The Morgan fingerprint density at radius 3 is 2.76 bits per heavy atom.